The molecule has 2 aliphatic rings. The van der Waals surface area contributed by atoms with Crippen LogP contribution in [0.2, 0.25) is 0 Å². The van der Waals surface area contributed by atoms with E-state index >= 15 is 0 Å². The molecule has 3 aromatic carbocycles. The Balaban J connectivity index is 1.43. The van der Waals surface area contributed by atoms with E-state index in [2.05, 4.69) is 17.2 Å². The van der Waals surface area contributed by atoms with Crippen molar-refractivity contribution in [2.45, 2.75) is 19.4 Å². The molecule has 1 N–H and O–H groups in total. The highest BCUT2D eigenvalue weighted by Crippen LogP contribution is 2.39. The van der Waals surface area contributed by atoms with Crippen molar-refractivity contribution in [2.75, 3.05) is 11.1 Å². The van der Waals surface area contributed by atoms with Gasteiger partial charge in [0.1, 0.15) is 11.9 Å². The van der Waals surface area contributed by atoms with Gasteiger partial charge < -0.3 is 5.32 Å². The van der Waals surface area contributed by atoms with Gasteiger partial charge in [0.05, 0.1) is 11.4 Å². The molecule has 164 valence electrons. The predicted molar refractivity (Wildman–Crippen MR) is 133 cm³/mol. The second-order valence-electron chi connectivity index (χ2n) is 7.72. The van der Waals surface area contributed by atoms with Crippen LogP contribution in [0, 0.1) is 0 Å². The van der Waals surface area contributed by atoms with Crippen molar-refractivity contribution in [3.05, 3.63) is 95.6 Å². The number of amides is 2. The maximum absolute atomic E-state index is 13.0. The molecule has 0 radical (unpaired) electrons. The molecule has 7 heteroatoms. The zero-order valence-electron chi connectivity index (χ0n) is 18.1. The van der Waals surface area contributed by atoms with E-state index in [0.717, 1.165) is 34.5 Å². The Kier molecular flexibility index (Phi) is 5.79. The van der Waals surface area contributed by atoms with Crippen molar-refractivity contribution in [1.82, 2.24) is 4.90 Å². The average Bonchev–Trinajstić information content (AvgIpc) is 3.20. The normalized spacial score (nSPS) is 16.6. The van der Waals surface area contributed by atoms with Gasteiger partial charge >= 0.3 is 0 Å². The van der Waals surface area contributed by atoms with Crippen molar-refractivity contribution in [3.63, 3.8) is 0 Å². The van der Waals surface area contributed by atoms with Gasteiger partial charge in [0.15, 0.2) is 5.17 Å². The van der Waals surface area contributed by atoms with Crippen molar-refractivity contribution < 1.29 is 9.59 Å². The summed E-state index contributed by atoms with van der Waals surface area (Å²) in [6, 6.07) is 24.4. The second kappa shape index (κ2) is 9.03. The third-order valence-electron chi connectivity index (χ3n) is 5.62. The molecule has 0 aliphatic carbocycles. The van der Waals surface area contributed by atoms with E-state index in [1.807, 2.05) is 83.8 Å². The van der Waals surface area contributed by atoms with Crippen molar-refractivity contribution in [1.29, 1.82) is 0 Å². The van der Waals surface area contributed by atoms with Crippen LogP contribution in [-0.2, 0) is 16.0 Å². The van der Waals surface area contributed by atoms with Gasteiger partial charge in [-0.05, 0) is 35.7 Å². The first kappa shape index (κ1) is 21.2. The Morgan fingerprint density at radius 3 is 2.52 bits per heavy atom. The molecule has 2 aliphatic heterocycles. The predicted octanol–water partition coefficient (Wildman–Crippen LogP) is 4.95. The van der Waals surface area contributed by atoms with Crippen LogP contribution >= 0.6 is 11.8 Å². The topological polar surface area (TPSA) is 74.1 Å². The largest absolute Gasteiger partial charge is 0.325 e. The molecule has 2 amide bonds. The van der Waals surface area contributed by atoms with E-state index in [1.54, 1.807) is 0 Å². The molecule has 2 heterocycles. The number of hydrogen-bond acceptors (Lipinski definition) is 5. The summed E-state index contributed by atoms with van der Waals surface area (Å²) in [5.74, 6) is 0.391. The Hall–Kier alpha value is -3.71. The van der Waals surface area contributed by atoms with E-state index in [9.17, 15) is 9.59 Å². The summed E-state index contributed by atoms with van der Waals surface area (Å²) in [7, 11) is 0. The van der Waals surface area contributed by atoms with Crippen LogP contribution in [0.1, 0.15) is 29.7 Å². The lowest BCUT2D eigenvalue weighted by molar-refractivity contribution is -0.119. The maximum atomic E-state index is 13.0. The van der Waals surface area contributed by atoms with Gasteiger partial charge in [-0.25, -0.2) is 4.99 Å². The fourth-order valence-electron chi connectivity index (χ4n) is 4.06. The van der Waals surface area contributed by atoms with Gasteiger partial charge in [-0.2, -0.15) is 4.99 Å². The highest BCUT2D eigenvalue weighted by molar-refractivity contribution is 8.14. The maximum Gasteiger partial charge on any atom is 0.275 e. The van der Waals surface area contributed by atoms with Crippen molar-refractivity contribution >= 4 is 46.0 Å². The first-order chi connectivity index (χ1) is 16.2. The van der Waals surface area contributed by atoms with Gasteiger partial charge in [-0.1, -0.05) is 79.3 Å². The third-order valence-corrected chi connectivity index (χ3v) is 6.58. The van der Waals surface area contributed by atoms with Gasteiger partial charge in [-0.15, -0.1) is 0 Å². The number of rotatable bonds is 5. The minimum atomic E-state index is -0.593. The summed E-state index contributed by atoms with van der Waals surface area (Å²) >= 11 is 1.31. The second-order valence-corrected chi connectivity index (χ2v) is 8.66. The zero-order valence-corrected chi connectivity index (χ0v) is 18.9. The smallest absolute Gasteiger partial charge is 0.275 e. The summed E-state index contributed by atoms with van der Waals surface area (Å²) in [6.45, 7) is 2.06. The quantitative estimate of drug-likeness (QED) is 0.592. The summed E-state index contributed by atoms with van der Waals surface area (Å²) in [5.41, 5.74) is 4.31. The van der Waals surface area contributed by atoms with Crippen LogP contribution in [-0.4, -0.2) is 33.5 Å². The van der Waals surface area contributed by atoms with Crippen molar-refractivity contribution in [3.8, 4) is 0 Å². The molecule has 0 bridgehead atoms. The lowest BCUT2D eigenvalue weighted by Gasteiger charge is -2.31. The van der Waals surface area contributed by atoms with Crippen LogP contribution in [0.3, 0.4) is 0 Å². The molecule has 0 saturated carbocycles. The number of thioether (sulfide) groups is 1. The molecule has 1 atom stereocenters. The number of fused-ring (bicyclic) bond motifs is 3. The van der Waals surface area contributed by atoms with E-state index < -0.39 is 6.04 Å². The summed E-state index contributed by atoms with van der Waals surface area (Å²) in [4.78, 5) is 36.8. The van der Waals surface area contributed by atoms with E-state index in [1.165, 1.54) is 11.8 Å². The Morgan fingerprint density at radius 1 is 0.970 bits per heavy atom. The number of para-hydroxylation sites is 2. The Bertz CT molecular complexity index is 1290. The molecule has 1 unspecified atom stereocenters. The number of carbonyl (C=O) groups excluding carboxylic acids is 2. The molecule has 6 nitrogen and oxygen atoms in total. The number of anilines is 1. The average molecular weight is 455 g/mol. The van der Waals surface area contributed by atoms with Crippen molar-refractivity contribution in [2.24, 2.45) is 9.98 Å². The van der Waals surface area contributed by atoms with Gasteiger partial charge in [0.25, 0.3) is 5.91 Å². The Morgan fingerprint density at radius 2 is 1.70 bits per heavy atom. The number of nitrogens with one attached hydrogen (secondary N) is 1. The zero-order chi connectivity index (χ0) is 22.8. The number of carbonyl (C=O) groups is 2. The molecular formula is C26H22N4O2S. The minimum Gasteiger partial charge on any atom is -0.325 e. The Labute approximate surface area is 196 Å². The number of nitrogens with zero attached hydrogens (tertiary/aromatic N) is 3. The summed E-state index contributed by atoms with van der Waals surface area (Å²) in [6.07, 6.45) is 0.835. The first-order valence-corrected chi connectivity index (χ1v) is 11.8. The van der Waals surface area contributed by atoms with E-state index in [4.69, 9.17) is 4.99 Å². The van der Waals surface area contributed by atoms with Gasteiger partial charge in [0.2, 0.25) is 5.91 Å². The summed E-state index contributed by atoms with van der Waals surface area (Å²) in [5, 5.41) is 3.59. The molecule has 0 aromatic heterocycles. The highest BCUT2D eigenvalue weighted by atomic mass is 32.2. The number of aryl methyl sites for hydroxylation is 1. The fourth-order valence-corrected chi connectivity index (χ4v) is 4.88. The fraction of sp³-hybridized carbons (Fsp3) is 0.154. The van der Waals surface area contributed by atoms with Gasteiger partial charge in [-0.3, -0.25) is 14.5 Å². The molecule has 0 spiro atoms. The third kappa shape index (κ3) is 4.07. The van der Waals surface area contributed by atoms with Crippen LogP contribution < -0.4 is 5.32 Å². The lowest BCUT2D eigenvalue weighted by atomic mass is 10.0. The minimum absolute atomic E-state index is 0.122. The number of amidine groups is 2. The van der Waals surface area contributed by atoms with Gasteiger partial charge in [0, 0.05) is 11.3 Å². The van der Waals surface area contributed by atoms with Crippen LogP contribution in [0.15, 0.2) is 88.8 Å². The lowest BCUT2D eigenvalue weighted by Crippen LogP contribution is -2.39. The van der Waals surface area contributed by atoms with Crippen LogP contribution in [0.5, 0.6) is 0 Å². The first-order valence-electron chi connectivity index (χ1n) is 10.8. The number of benzene rings is 3. The molecule has 0 fully saturated rings. The van der Waals surface area contributed by atoms with Crippen LogP contribution in [0.25, 0.3) is 0 Å². The monoisotopic (exact) mass is 454 g/mol. The van der Waals surface area contributed by atoms with Crippen LogP contribution in [0.4, 0.5) is 11.4 Å². The molecule has 5 rings (SSSR count). The number of aliphatic imine (C=N–C) groups is 2. The molecule has 3 aromatic rings. The highest BCUT2D eigenvalue weighted by Gasteiger charge is 2.42. The summed E-state index contributed by atoms with van der Waals surface area (Å²) < 4.78 is 0. The van der Waals surface area contributed by atoms with E-state index in [0.29, 0.717) is 11.0 Å². The molecule has 0 saturated heterocycles. The number of hydrogen-bond donors (Lipinski definition) is 1. The molecule has 33 heavy (non-hydrogen) atoms. The van der Waals surface area contributed by atoms with E-state index in [-0.39, 0.29) is 17.6 Å². The SMILES string of the molecule is CCc1ccccc1NC(=O)CSC1=Nc2ccccc2C2=NC(=O)C(c3ccccc3)N12. The molecular weight excluding hydrogens is 432 g/mol. The standard InChI is InChI=1S/C26H22N4O2S/c1-2-17-10-6-8-14-20(17)27-22(31)16-33-26-28-21-15-9-7-13-19(21)24-29-25(32)23(30(24)26)18-11-4-3-5-12-18/h3-15,23H,2,16H2,1H3,(H,27,31).